The maximum absolute atomic E-state index is 2.48. The quantitative estimate of drug-likeness (QED) is 0.177. The Bertz CT molecular complexity index is 244. The van der Waals surface area contributed by atoms with E-state index in [1.807, 2.05) is 0 Å². The minimum absolute atomic E-state index is 0.957. The van der Waals surface area contributed by atoms with Gasteiger partial charge in [0.2, 0.25) is 0 Å². The van der Waals surface area contributed by atoms with Gasteiger partial charge in [0.1, 0.15) is 0 Å². The van der Waals surface area contributed by atoms with E-state index in [4.69, 9.17) is 0 Å². The van der Waals surface area contributed by atoms with Gasteiger partial charge < -0.3 is 0 Å². The number of unbranched alkanes of at least 4 members (excludes halogenated alkanes) is 13. The highest BCUT2D eigenvalue weighted by molar-refractivity contribution is 4.59. The van der Waals surface area contributed by atoms with E-state index < -0.39 is 0 Å². The van der Waals surface area contributed by atoms with Crippen molar-refractivity contribution in [2.24, 2.45) is 11.8 Å². The predicted octanol–water partition coefficient (Wildman–Crippen LogP) is 10.1. The van der Waals surface area contributed by atoms with E-state index in [1.54, 1.807) is 0 Å². The van der Waals surface area contributed by atoms with Gasteiger partial charge in [-0.05, 0) is 11.8 Å². The first kappa shape index (κ1) is 26.0. The molecule has 0 aliphatic carbocycles. The highest BCUT2D eigenvalue weighted by Gasteiger charge is 2.05. The van der Waals surface area contributed by atoms with Crippen LogP contribution in [0, 0.1) is 11.8 Å². The van der Waals surface area contributed by atoms with Crippen molar-refractivity contribution in [3.8, 4) is 0 Å². The summed E-state index contributed by atoms with van der Waals surface area (Å²) in [7, 11) is 0. The van der Waals surface area contributed by atoms with Crippen LogP contribution < -0.4 is 0 Å². The van der Waals surface area contributed by atoms with Crippen molar-refractivity contribution >= 4 is 0 Å². The Morgan fingerprint density at radius 1 is 0.346 bits per heavy atom. The maximum Gasteiger partial charge on any atom is -0.0443 e. The van der Waals surface area contributed by atoms with Crippen molar-refractivity contribution < 1.29 is 0 Å². The molecule has 0 aromatic rings. The second kappa shape index (κ2) is 21.3. The molecule has 0 N–H and O–H groups in total. The van der Waals surface area contributed by atoms with E-state index in [-0.39, 0.29) is 0 Å². The molecule has 0 spiro atoms. The molecule has 2 unspecified atom stereocenters. The van der Waals surface area contributed by atoms with E-state index in [1.165, 1.54) is 128 Å². The molecule has 158 valence electrons. The second-order valence-electron chi connectivity index (χ2n) is 9.31. The van der Waals surface area contributed by atoms with E-state index in [0.29, 0.717) is 0 Å². The van der Waals surface area contributed by atoms with Crippen LogP contribution in [0.1, 0.15) is 156 Å². The Labute approximate surface area is 168 Å². The third-order valence-electron chi connectivity index (χ3n) is 6.24. The molecule has 0 heteroatoms. The van der Waals surface area contributed by atoms with Crippen LogP contribution in [0.3, 0.4) is 0 Å². The van der Waals surface area contributed by atoms with Gasteiger partial charge in [-0.15, -0.1) is 0 Å². The zero-order valence-corrected chi connectivity index (χ0v) is 19.3. The fourth-order valence-corrected chi connectivity index (χ4v) is 4.17. The Morgan fingerprint density at radius 2 is 0.654 bits per heavy atom. The van der Waals surface area contributed by atoms with Gasteiger partial charge in [0.05, 0.1) is 0 Å². The molecule has 0 aromatic heterocycles. The van der Waals surface area contributed by atoms with Crippen LogP contribution in [-0.2, 0) is 0 Å². The van der Waals surface area contributed by atoms with Crippen LogP contribution >= 0.6 is 0 Å². The summed E-state index contributed by atoms with van der Waals surface area (Å²) < 4.78 is 0. The Hall–Kier alpha value is 0. The number of rotatable bonds is 21. The van der Waals surface area contributed by atoms with Crippen LogP contribution in [0.25, 0.3) is 0 Å². The minimum atomic E-state index is 0.957. The first-order chi connectivity index (χ1) is 12.7. The second-order valence-corrected chi connectivity index (χ2v) is 9.31. The van der Waals surface area contributed by atoms with Crippen LogP contribution in [0.2, 0.25) is 0 Å². The molecule has 26 heavy (non-hydrogen) atoms. The Kier molecular flexibility index (Phi) is 21.3. The molecule has 0 rings (SSSR count). The molecule has 0 aliphatic heterocycles. The maximum atomic E-state index is 2.48. The highest BCUT2D eigenvalue weighted by Crippen LogP contribution is 2.21. The minimum Gasteiger partial charge on any atom is -0.0654 e. The average Bonchev–Trinajstić information content (AvgIpc) is 2.63. The smallest absolute Gasteiger partial charge is 0.0443 e. The molecule has 2 atom stereocenters. The van der Waals surface area contributed by atoms with Gasteiger partial charge in [-0.3, -0.25) is 0 Å². The fourth-order valence-electron chi connectivity index (χ4n) is 4.17. The van der Waals surface area contributed by atoms with Crippen molar-refractivity contribution in [2.45, 2.75) is 156 Å². The normalized spacial score (nSPS) is 13.8. The van der Waals surface area contributed by atoms with Gasteiger partial charge >= 0.3 is 0 Å². The van der Waals surface area contributed by atoms with Gasteiger partial charge in [-0.2, -0.15) is 0 Å². The highest BCUT2D eigenvalue weighted by atomic mass is 14.1. The first-order valence-electron chi connectivity index (χ1n) is 12.7. The third kappa shape index (κ3) is 20.3. The monoisotopic (exact) mass is 366 g/mol. The van der Waals surface area contributed by atoms with E-state index in [2.05, 4.69) is 27.7 Å². The summed E-state index contributed by atoms with van der Waals surface area (Å²) >= 11 is 0. The summed E-state index contributed by atoms with van der Waals surface area (Å²) in [6.07, 6.45) is 29.2. The van der Waals surface area contributed by atoms with Crippen LogP contribution in [0.15, 0.2) is 0 Å². The van der Waals surface area contributed by atoms with Gasteiger partial charge in [0.15, 0.2) is 0 Å². The SMILES string of the molecule is CCCCCCCCCCCCCCCC(C)CCCC(C)CCCC. The Balaban J connectivity index is 3.19. The molecule has 0 saturated heterocycles. The lowest BCUT2D eigenvalue weighted by Crippen LogP contribution is -1.99. The van der Waals surface area contributed by atoms with Crippen LogP contribution in [-0.4, -0.2) is 0 Å². The zero-order valence-electron chi connectivity index (χ0n) is 19.3. The molecular formula is C26H54. The molecule has 0 nitrogen and oxygen atoms in total. The molecule has 0 saturated carbocycles. The van der Waals surface area contributed by atoms with Gasteiger partial charge in [0.25, 0.3) is 0 Å². The van der Waals surface area contributed by atoms with Crippen molar-refractivity contribution in [3.63, 3.8) is 0 Å². The number of hydrogen-bond acceptors (Lipinski definition) is 0. The molecule has 0 fully saturated rings. The van der Waals surface area contributed by atoms with Crippen molar-refractivity contribution in [1.82, 2.24) is 0 Å². The largest absolute Gasteiger partial charge is 0.0654 e. The zero-order chi connectivity index (χ0) is 19.3. The summed E-state index contributed by atoms with van der Waals surface area (Å²) in [6, 6.07) is 0. The molecule has 0 aromatic carbocycles. The molecule has 0 amide bonds. The third-order valence-corrected chi connectivity index (χ3v) is 6.24. The molecule has 0 radical (unpaired) electrons. The summed E-state index contributed by atoms with van der Waals surface area (Å²) in [5, 5.41) is 0. The summed E-state index contributed by atoms with van der Waals surface area (Å²) in [4.78, 5) is 0. The van der Waals surface area contributed by atoms with E-state index >= 15 is 0 Å². The van der Waals surface area contributed by atoms with Crippen molar-refractivity contribution in [1.29, 1.82) is 0 Å². The lowest BCUT2D eigenvalue weighted by molar-refractivity contribution is 0.394. The lowest BCUT2D eigenvalue weighted by Gasteiger charge is -2.14. The molecule has 0 bridgehead atoms. The molecule has 0 heterocycles. The van der Waals surface area contributed by atoms with Gasteiger partial charge in [-0.1, -0.05) is 156 Å². The predicted molar refractivity (Wildman–Crippen MR) is 122 cm³/mol. The van der Waals surface area contributed by atoms with E-state index in [0.717, 1.165) is 11.8 Å². The average molecular weight is 367 g/mol. The lowest BCUT2D eigenvalue weighted by atomic mass is 9.92. The number of hydrogen-bond donors (Lipinski definition) is 0. The van der Waals surface area contributed by atoms with Crippen LogP contribution in [0.4, 0.5) is 0 Å². The van der Waals surface area contributed by atoms with Gasteiger partial charge in [0, 0.05) is 0 Å². The van der Waals surface area contributed by atoms with Gasteiger partial charge in [-0.25, -0.2) is 0 Å². The summed E-state index contributed by atoms with van der Waals surface area (Å²) in [6.45, 7) is 9.55. The summed E-state index contributed by atoms with van der Waals surface area (Å²) in [5.41, 5.74) is 0. The summed E-state index contributed by atoms with van der Waals surface area (Å²) in [5.74, 6) is 1.92. The van der Waals surface area contributed by atoms with Crippen LogP contribution in [0.5, 0.6) is 0 Å². The Morgan fingerprint density at radius 3 is 1.08 bits per heavy atom. The standard InChI is InChI=1S/C26H54/c1-5-7-9-10-11-12-13-14-15-16-17-18-19-22-26(4)24-20-23-25(3)21-8-6-2/h25-26H,5-24H2,1-4H3. The first-order valence-corrected chi connectivity index (χ1v) is 12.7. The molecule has 0 aliphatic rings. The molecular weight excluding hydrogens is 312 g/mol. The van der Waals surface area contributed by atoms with Crippen molar-refractivity contribution in [2.75, 3.05) is 0 Å². The fraction of sp³-hybridized carbons (Fsp3) is 1.00. The van der Waals surface area contributed by atoms with E-state index in [9.17, 15) is 0 Å². The van der Waals surface area contributed by atoms with Crippen molar-refractivity contribution in [3.05, 3.63) is 0 Å². The topological polar surface area (TPSA) is 0 Å².